The molecule has 4 rings (SSSR count). The van der Waals surface area contributed by atoms with Crippen LogP contribution in [-0.2, 0) is 0 Å². The monoisotopic (exact) mass is 326 g/mol. The van der Waals surface area contributed by atoms with Gasteiger partial charge in [-0.25, -0.2) is 0 Å². The summed E-state index contributed by atoms with van der Waals surface area (Å²) < 4.78 is 0. The minimum atomic E-state index is 0. The number of aliphatic hydroxyl groups is 2. The van der Waals surface area contributed by atoms with E-state index in [0.29, 0.717) is 0 Å². The van der Waals surface area contributed by atoms with Crippen LogP contribution < -0.4 is 10.6 Å². The highest BCUT2D eigenvalue weighted by Gasteiger charge is 2.36. The molecule has 0 bridgehead atoms. The molecule has 0 aromatic rings. The molecule has 4 aliphatic rings. The van der Waals surface area contributed by atoms with Crippen LogP contribution in [0.5, 0.6) is 0 Å². The number of nitrogens with one attached hydrogen (secondary N) is 2. The van der Waals surface area contributed by atoms with Gasteiger partial charge in [0.1, 0.15) is 0 Å². The predicted octanol–water partition coefficient (Wildman–Crippen LogP) is 0.797. The second kappa shape index (κ2) is 8.16. The standard InChI is InChI=1S/2C7H13NO.2ClH/c2*9-7-1-5-3-8-4-6(5)2-7;;/h2*5-9H,1-4H2;2*1H/t2*5-,6+,7?;;. The van der Waals surface area contributed by atoms with Gasteiger partial charge in [-0.2, -0.15) is 0 Å². The zero-order valence-corrected chi connectivity index (χ0v) is 13.5. The van der Waals surface area contributed by atoms with Crippen LogP contribution in [0.25, 0.3) is 0 Å². The molecule has 4 N–H and O–H groups in total. The molecule has 0 spiro atoms. The molecule has 4 fully saturated rings. The van der Waals surface area contributed by atoms with E-state index in [9.17, 15) is 10.2 Å². The number of hydrogen-bond donors (Lipinski definition) is 4. The lowest BCUT2D eigenvalue weighted by Crippen LogP contribution is -2.13. The Morgan fingerprint density at radius 1 is 0.550 bits per heavy atom. The Labute approximate surface area is 133 Å². The minimum absolute atomic E-state index is 0. The van der Waals surface area contributed by atoms with Gasteiger partial charge in [0.2, 0.25) is 0 Å². The van der Waals surface area contributed by atoms with Gasteiger partial charge in [0.25, 0.3) is 0 Å². The van der Waals surface area contributed by atoms with E-state index in [1.807, 2.05) is 0 Å². The Morgan fingerprint density at radius 3 is 1.05 bits per heavy atom. The van der Waals surface area contributed by atoms with Crippen LogP contribution in [0.15, 0.2) is 0 Å². The van der Waals surface area contributed by atoms with Gasteiger partial charge in [-0.3, -0.25) is 0 Å². The van der Waals surface area contributed by atoms with E-state index in [1.165, 1.54) is 0 Å². The van der Waals surface area contributed by atoms with Crippen molar-refractivity contribution in [2.75, 3.05) is 26.2 Å². The Hall–Kier alpha value is 0.420. The summed E-state index contributed by atoms with van der Waals surface area (Å²) in [6.07, 6.45) is 4.19. The van der Waals surface area contributed by atoms with Crippen LogP contribution in [0.2, 0.25) is 0 Å². The third-order valence-electron chi connectivity index (χ3n) is 5.26. The molecule has 2 aliphatic carbocycles. The van der Waals surface area contributed by atoms with Gasteiger partial charge in [-0.15, -0.1) is 24.8 Å². The third kappa shape index (κ3) is 4.21. The highest BCUT2D eigenvalue weighted by molar-refractivity contribution is 5.85. The van der Waals surface area contributed by atoms with Crippen molar-refractivity contribution < 1.29 is 10.2 Å². The van der Waals surface area contributed by atoms with E-state index < -0.39 is 0 Å². The van der Waals surface area contributed by atoms with Gasteiger partial charge in [-0.1, -0.05) is 0 Å². The van der Waals surface area contributed by atoms with Crippen LogP contribution in [0, 0.1) is 23.7 Å². The molecule has 2 saturated carbocycles. The van der Waals surface area contributed by atoms with E-state index in [1.54, 1.807) is 0 Å². The van der Waals surface area contributed by atoms with Gasteiger partial charge < -0.3 is 20.8 Å². The first-order valence-corrected chi connectivity index (χ1v) is 7.50. The number of aliphatic hydroxyl groups excluding tert-OH is 2. The SMILES string of the molecule is Cl.Cl.OC1C[C@H]2CNC[C@H]2C1.OC1C[C@H]2CNC[C@H]2C1. The summed E-state index contributed by atoms with van der Waals surface area (Å²) in [6, 6.07) is 0. The molecular formula is C14H28Cl2N2O2. The van der Waals surface area contributed by atoms with Crippen LogP contribution >= 0.6 is 24.8 Å². The quantitative estimate of drug-likeness (QED) is 0.531. The molecule has 6 heteroatoms. The number of hydrogen-bond acceptors (Lipinski definition) is 4. The lowest BCUT2D eigenvalue weighted by Gasteiger charge is -2.02. The summed E-state index contributed by atoms with van der Waals surface area (Å²) in [5, 5.41) is 25.1. The van der Waals surface area contributed by atoms with Crippen LogP contribution in [0.4, 0.5) is 0 Å². The molecule has 2 aliphatic heterocycles. The third-order valence-corrected chi connectivity index (χ3v) is 5.26. The number of halogens is 2. The first-order valence-electron chi connectivity index (χ1n) is 7.50. The first-order chi connectivity index (χ1) is 8.72. The van der Waals surface area contributed by atoms with E-state index in [-0.39, 0.29) is 37.0 Å². The molecule has 4 nitrogen and oxygen atoms in total. The molecule has 0 amide bonds. The summed E-state index contributed by atoms with van der Waals surface area (Å²) >= 11 is 0. The van der Waals surface area contributed by atoms with Crippen molar-refractivity contribution in [2.45, 2.75) is 37.9 Å². The summed E-state index contributed by atoms with van der Waals surface area (Å²) in [5.41, 5.74) is 0. The maximum absolute atomic E-state index is 9.21. The van der Waals surface area contributed by atoms with Crippen LogP contribution in [-0.4, -0.2) is 48.6 Å². The van der Waals surface area contributed by atoms with Crippen molar-refractivity contribution in [1.82, 2.24) is 10.6 Å². The molecule has 2 unspecified atom stereocenters. The summed E-state index contributed by atoms with van der Waals surface area (Å²) in [7, 11) is 0. The second-order valence-electron chi connectivity index (χ2n) is 6.61. The topological polar surface area (TPSA) is 64.5 Å². The van der Waals surface area contributed by atoms with Gasteiger partial charge >= 0.3 is 0 Å². The smallest absolute Gasteiger partial charge is 0.0546 e. The number of rotatable bonds is 0. The zero-order chi connectivity index (χ0) is 12.5. The highest BCUT2D eigenvalue weighted by atomic mass is 35.5. The Bertz CT molecular complexity index is 244. The summed E-state index contributed by atoms with van der Waals surface area (Å²) in [4.78, 5) is 0. The minimum Gasteiger partial charge on any atom is -0.393 e. The van der Waals surface area contributed by atoms with E-state index in [2.05, 4.69) is 10.6 Å². The van der Waals surface area contributed by atoms with Crippen molar-refractivity contribution in [3.63, 3.8) is 0 Å². The highest BCUT2D eigenvalue weighted by Crippen LogP contribution is 2.34. The van der Waals surface area contributed by atoms with Crippen molar-refractivity contribution in [3.05, 3.63) is 0 Å². The lowest BCUT2D eigenvalue weighted by atomic mass is 10.0. The predicted molar refractivity (Wildman–Crippen MR) is 84.7 cm³/mol. The van der Waals surface area contributed by atoms with Crippen molar-refractivity contribution in [2.24, 2.45) is 23.7 Å². The van der Waals surface area contributed by atoms with Gasteiger partial charge in [0.15, 0.2) is 0 Å². The van der Waals surface area contributed by atoms with Crippen molar-refractivity contribution in [3.8, 4) is 0 Å². The average Bonchev–Trinajstić information content (AvgIpc) is 2.97. The average molecular weight is 327 g/mol. The summed E-state index contributed by atoms with van der Waals surface area (Å²) in [6.45, 7) is 4.56. The van der Waals surface area contributed by atoms with E-state index in [4.69, 9.17) is 0 Å². The van der Waals surface area contributed by atoms with Gasteiger partial charge in [0, 0.05) is 0 Å². The second-order valence-corrected chi connectivity index (χ2v) is 6.61. The Balaban J connectivity index is 0.000000182. The number of fused-ring (bicyclic) bond motifs is 2. The normalized spacial score (nSPS) is 44.7. The maximum atomic E-state index is 9.21. The first kappa shape index (κ1) is 18.5. The Kier molecular flexibility index (Phi) is 7.53. The maximum Gasteiger partial charge on any atom is 0.0546 e. The molecule has 2 saturated heterocycles. The molecule has 6 atom stereocenters. The van der Waals surface area contributed by atoms with Gasteiger partial charge in [0.05, 0.1) is 12.2 Å². The van der Waals surface area contributed by atoms with Crippen LogP contribution in [0.1, 0.15) is 25.7 Å². The zero-order valence-electron chi connectivity index (χ0n) is 11.8. The molecule has 0 radical (unpaired) electrons. The molecule has 0 aromatic carbocycles. The molecular weight excluding hydrogens is 299 g/mol. The van der Waals surface area contributed by atoms with E-state index >= 15 is 0 Å². The fraction of sp³-hybridized carbons (Fsp3) is 1.00. The van der Waals surface area contributed by atoms with Crippen LogP contribution in [0.3, 0.4) is 0 Å². The Morgan fingerprint density at radius 2 is 0.800 bits per heavy atom. The molecule has 0 aromatic heterocycles. The van der Waals surface area contributed by atoms with Crippen molar-refractivity contribution in [1.29, 1.82) is 0 Å². The van der Waals surface area contributed by atoms with Gasteiger partial charge in [-0.05, 0) is 75.5 Å². The largest absolute Gasteiger partial charge is 0.393 e. The van der Waals surface area contributed by atoms with E-state index in [0.717, 1.165) is 75.5 Å². The molecule has 2 heterocycles. The lowest BCUT2D eigenvalue weighted by molar-refractivity contribution is 0.172. The fourth-order valence-electron chi connectivity index (χ4n) is 4.27. The molecule has 120 valence electrons. The molecule has 20 heavy (non-hydrogen) atoms. The van der Waals surface area contributed by atoms with Crippen molar-refractivity contribution >= 4 is 24.8 Å². The summed E-state index contributed by atoms with van der Waals surface area (Å²) in [5.74, 6) is 3.17. The fourth-order valence-corrected chi connectivity index (χ4v) is 4.27.